The van der Waals surface area contributed by atoms with Gasteiger partial charge >= 0.3 is 5.97 Å². The molecule has 0 radical (unpaired) electrons. The summed E-state index contributed by atoms with van der Waals surface area (Å²) < 4.78 is 2.13. The number of nitrogens with zero attached hydrogens (tertiary/aromatic N) is 1. The minimum absolute atomic E-state index is 0.0916. The lowest BCUT2D eigenvalue weighted by Gasteiger charge is -2.14. The van der Waals surface area contributed by atoms with Crippen molar-refractivity contribution in [2.75, 3.05) is 0 Å². The second-order valence-electron chi connectivity index (χ2n) is 5.75. The molecular weight excluding hydrogens is 302 g/mol. The van der Waals surface area contributed by atoms with Crippen molar-refractivity contribution >= 4 is 23.0 Å². The standard InChI is InChI=1S/C19H17N3O2/c1-11-3-4-12(2)22(11)15-7-5-13(6-8-15)14-9-16(19(23)24)18(21)17(20)10-14/h3-10,20-21H,1-2H3,(H,23,24). The van der Waals surface area contributed by atoms with Gasteiger partial charge in [-0.3, -0.25) is 10.8 Å². The minimum atomic E-state index is -1.19. The Hall–Kier alpha value is -3.21. The van der Waals surface area contributed by atoms with Crippen molar-refractivity contribution in [2.45, 2.75) is 13.8 Å². The number of benzene rings is 1. The largest absolute Gasteiger partial charge is 0.478 e. The molecule has 0 saturated heterocycles. The Balaban J connectivity index is 2.00. The molecule has 120 valence electrons. The molecular formula is C19H17N3O2. The van der Waals surface area contributed by atoms with E-state index in [2.05, 4.69) is 16.7 Å². The monoisotopic (exact) mass is 319 g/mol. The molecule has 0 aliphatic heterocycles. The fourth-order valence-electron chi connectivity index (χ4n) is 2.86. The van der Waals surface area contributed by atoms with E-state index in [0.29, 0.717) is 5.57 Å². The number of allylic oxidation sites excluding steroid dienone is 3. The number of hydrogen-bond acceptors (Lipinski definition) is 3. The van der Waals surface area contributed by atoms with Crippen molar-refractivity contribution in [3.05, 3.63) is 71.1 Å². The number of carbonyl (C=O) groups is 1. The first-order chi connectivity index (χ1) is 11.4. The summed E-state index contributed by atoms with van der Waals surface area (Å²) in [7, 11) is 0. The fraction of sp³-hybridized carbons (Fsp3) is 0.105. The van der Waals surface area contributed by atoms with Crippen LogP contribution in [0, 0.1) is 24.7 Å². The van der Waals surface area contributed by atoms with Crippen LogP contribution >= 0.6 is 0 Å². The summed E-state index contributed by atoms with van der Waals surface area (Å²) in [5.74, 6) is -1.19. The van der Waals surface area contributed by atoms with Gasteiger partial charge in [0.2, 0.25) is 0 Å². The first kappa shape index (κ1) is 15.7. The van der Waals surface area contributed by atoms with Crippen LogP contribution in [0.5, 0.6) is 0 Å². The Morgan fingerprint density at radius 2 is 1.54 bits per heavy atom. The van der Waals surface area contributed by atoms with E-state index in [1.807, 2.05) is 38.1 Å². The molecule has 1 aliphatic rings. The zero-order chi connectivity index (χ0) is 17.4. The van der Waals surface area contributed by atoms with Crippen LogP contribution in [0.2, 0.25) is 0 Å². The molecule has 3 N–H and O–H groups in total. The van der Waals surface area contributed by atoms with Crippen molar-refractivity contribution in [3.8, 4) is 5.69 Å². The van der Waals surface area contributed by atoms with Crippen LogP contribution in [0.25, 0.3) is 11.3 Å². The highest BCUT2D eigenvalue weighted by Crippen LogP contribution is 2.25. The van der Waals surface area contributed by atoms with Crippen molar-refractivity contribution < 1.29 is 9.90 Å². The second kappa shape index (κ2) is 5.77. The van der Waals surface area contributed by atoms with Crippen molar-refractivity contribution in [2.24, 2.45) is 0 Å². The van der Waals surface area contributed by atoms with Gasteiger partial charge in [-0.05, 0) is 61.4 Å². The van der Waals surface area contributed by atoms with Gasteiger partial charge < -0.3 is 9.67 Å². The number of aliphatic carboxylic acids is 1. The van der Waals surface area contributed by atoms with Crippen LogP contribution in [-0.4, -0.2) is 27.1 Å². The maximum atomic E-state index is 11.2. The van der Waals surface area contributed by atoms with Gasteiger partial charge in [0.1, 0.15) is 0 Å². The fourth-order valence-corrected chi connectivity index (χ4v) is 2.86. The van der Waals surface area contributed by atoms with E-state index in [0.717, 1.165) is 22.6 Å². The molecule has 2 aromatic rings. The van der Waals surface area contributed by atoms with E-state index < -0.39 is 5.97 Å². The molecule has 5 nitrogen and oxygen atoms in total. The molecule has 24 heavy (non-hydrogen) atoms. The third-order valence-corrected chi connectivity index (χ3v) is 4.10. The predicted octanol–water partition coefficient (Wildman–Crippen LogP) is 3.54. The summed E-state index contributed by atoms with van der Waals surface area (Å²) in [6.45, 7) is 4.08. The summed E-state index contributed by atoms with van der Waals surface area (Å²) in [5.41, 5.74) is 4.24. The summed E-state index contributed by atoms with van der Waals surface area (Å²) in [6.07, 6.45) is 2.97. The molecule has 0 amide bonds. The highest BCUT2D eigenvalue weighted by Gasteiger charge is 2.22. The first-order valence-electron chi connectivity index (χ1n) is 7.49. The van der Waals surface area contributed by atoms with Crippen LogP contribution in [-0.2, 0) is 4.79 Å². The lowest BCUT2D eigenvalue weighted by atomic mass is 9.92. The van der Waals surface area contributed by atoms with Crippen molar-refractivity contribution in [1.29, 1.82) is 10.8 Å². The number of carboxylic acids is 1. The lowest BCUT2D eigenvalue weighted by Crippen LogP contribution is -2.22. The molecule has 0 fully saturated rings. The molecule has 1 aliphatic carbocycles. The van der Waals surface area contributed by atoms with Gasteiger partial charge in [0.25, 0.3) is 0 Å². The van der Waals surface area contributed by atoms with E-state index in [-0.39, 0.29) is 17.0 Å². The summed E-state index contributed by atoms with van der Waals surface area (Å²) in [5, 5.41) is 24.7. The quantitative estimate of drug-likeness (QED) is 0.755. The van der Waals surface area contributed by atoms with Gasteiger partial charge in [0.15, 0.2) is 0 Å². The molecule has 0 spiro atoms. The van der Waals surface area contributed by atoms with E-state index >= 15 is 0 Å². The van der Waals surface area contributed by atoms with Crippen molar-refractivity contribution in [3.63, 3.8) is 0 Å². The summed E-state index contributed by atoms with van der Waals surface area (Å²) in [4.78, 5) is 11.2. The van der Waals surface area contributed by atoms with Crippen LogP contribution in [0.15, 0.2) is 54.1 Å². The van der Waals surface area contributed by atoms with Gasteiger partial charge in [-0.1, -0.05) is 12.1 Å². The summed E-state index contributed by atoms with van der Waals surface area (Å²) >= 11 is 0. The Bertz CT molecular complexity index is 909. The van der Waals surface area contributed by atoms with Crippen LogP contribution in [0.3, 0.4) is 0 Å². The van der Waals surface area contributed by atoms with Gasteiger partial charge in [0.05, 0.1) is 17.0 Å². The molecule has 5 heteroatoms. The molecule has 0 unspecified atom stereocenters. The Kier molecular flexibility index (Phi) is 3.77. The molecule has 0 atom stereocenters. The number of hydrogen-bond donors (Lipinski definition) is 3. The third kappa shape index (κ3) is 2.60. The SMILES string of the molecule is Cc1ccc(C)n1-c1ccc(C2=CC(=N)C(=N)C(C(=O)O)=C2)cc1. The Morgan fingerprint density at radius 1 is 0.958 bits per heavy atom. The molecule has 3 rings (SSSR count). The first-order valence-corrected chi connectivity index (χ1v) is 7.49. The smallest absolute Gasteiger partial charge is 0.337 e. The van der Waals surface area contributed by atoms with Crippen LogP contribution < -0.4 is 0 Å². The number of aromatic nitrogens is 1. The van der Waals surface area contributed by atoms with Gasteiger partial charge in [-0.15, -0.1) is 0 Å². The normalized spacial score (nSPS) is 14.4. The number of nitrogens with one attached hydrogen (secondary N) is 2. The van der Waals surface area contributed by atoms with E-state index in [9.17, 15) is 9.90 Å². The maximum absolute atomic E-state index is 11.2. The second-order valence-corrected chi connectivity index (χ2v) is 5.75. The zero-order valence-electron chi connectivity index (χ0n) is 13.4. The minimum Gasteiger partial charge on any atom is -0.478 e. The molecule has 0 bridgehead atoms. The van der Waals surface area contributed by atoms with E-state index in [4.69, 9.17) is 10.8 Å². The molecule has 0 saturated carbocycles. The van der Waals surface area contributed by atoms with Gasteiger partial charge in [-0.25, -0.2) is 4.79 Å². The topological polar surface area (TPSA) is 89.9 Å². The highest BCUT2D eigenvalue weighted by atomic mass is 16.4. The third-order valence-electron chi connectivity index (χ3n) is 4.10. The zero-order valence-corrected chi connectivity index (χ0v) is 13.4. The predicted molar refractivity (Wildman–Crippen MR) is 94.4 cm³/mol. The number of rotatable bonds is 3. The average Bonchev–Trinajstić information content (AvgIpc) is 2.88. The Labute approximate surface area is 139 Å². The van der Waals surface area contributed by atoms with Crippen LogP contribution in [0.4, 0.5) is 0 Å². The number of aryl methyl sites for hydroxylation is 2. The summed E-state index contributed by atoms with van der Waals surface area (Å²) in [6, 6.07) is 11.8. The molecule has 1 heterocycles. The van der Waals surface area contributed by atoms with Gasteiger partial charge in [0, 0.05) is 17.1 Å². The molecule has 1 aromatic heterocycles. The Morgan fingerprint density at radius 3 is 2.08 bits per heavy atom. The highest BCUT2D eigenvalue weighted by molar-refractivity contribution is 6.56. The van der Waals surface area contributed by atoms with E-state index in [1.165, 1.54) is 12.2 Å². The van der Waals surface area contributed by atoms with E-state index in [1.54, 1.807) is 0 Å². The number of carboxylic acid groups (broad SMARTS) is 1. The van der Waals surface area contributed by atoms with Gasteiger partial charge in [-0.2, -0.15) is 0 Å². The van der Waals surface area contributed by atoms with Crippen LogP contribution in [0.1, 0.15) is 17.0 Å². The van der Waals surface area contributed by atoms with Crippen molar-refractivity contribution in [1.82, 2.24) is 4.57 Å². The lowest BCUT2D eigenvalue weighted by molar-refractivity contribution is -0.132. The maximum Gasteiger partial charge on any atom is 0.337 e. The molecule has 1 aromatic carbocycles. The average molecular weight is 319 g/mol.